The maximum atomic E-state index is 13.2. The van der Waals surface area contributed by atoms with Gasteiger partial charge in [0.05, 0.1) is 11.5 Å². The number of carbonyl (C=O) groups excluding carboxylic acids is 1. The SMILES string of the molecule is O=C(Nc1ccc(Cl)c([N+](=O)[O-])c1)c1cc2cccnc2n(Cc2ccc(Cl)cc2)c1=O. The molecule has 0 saturated carbocycles. The smallest absolute Gasteiger partial charge is 0.289 e. The van der Waals surface area contributed by atoms with Gasteiger partial charge in [-0.15, -0.1) is 0 Å². The molecule has 10 heteroatoms. The number of carbonyl (C=O) groups is 1. The minimum atomic E-state index is -0.706. The summed E-state index contributed by atoms with van der Waals surface area (Å²) in [5, 5.41) is 14.7. The predicted octanol–water partition coefficient (Wildman–Crippen LogP) is 4.91. The Morgan fingerprint density at radius 2 is 1.84 bits per heavy atom. The zero-order valence-corrected chi connectivity index (χ0v) is 17.8. The van der Waals surface area contributed by atoms with Crippen molar-refractivity contribution in [1.29, 1.82) is 0 Å². The molecule has 0 bridgehead atoms. The molecule has 0 spiro atoms. The topological polar surface area (TPSA) is 107 Å². The minimum Gasteiger partial charge on any atom is -0.322 e. The van der Waals surface area contributed by atoms with Crippen LogP contribution in [0.4, 0.5) is 11.4 Å². The van der Waals surface area contributed by atoms with Crippen molar-refractivity contribution in [2.45, 2.75) is 6.54 Å². The number of rotatable bonds is 5. The highest BCUT2D eigenvalue weighted by atomic mass is 35.5. The zero-order valence-electron chi connectivity index (χ0n) is 16.3. The first-order valence-electron chi connectivity index (χ1n) is 9.32. The van der Waals surface area contributed by atoms with E-state index in [1.54, 1.807) is 42.6 Å². The van der Waals surface area contributed by atoms with E-state index in [0.29, 0.717) is 16.1 Å². The normalized spacial score (nSPS) is 10.8. The Hall–Kier alpha value is -3.75. The number of halogens is 2. The lowest BCUT2D eigenvalue weighted by Gasteiger charge is -2.13. The van der Waals surface area contributed by atoms with Crippen LogP contribution in [-0.2, 0) is 6.54 Å². The third-order valence-electron chi connectivity index (χ3n) is 4.75. The highest BCUT2D eigenvalue weighted by molar-refractivity contribution is 6.32. The van der Waals surface area contributed by atoms with Crippen LogP contribution in [-0.4, -0.2) is 20.4 Å². The monoisotopic (exact) mass is 468 g/mol. The largest absolute Gasteiger partial charge is 0.322 e. The predicted molar refractivity (Wildman–Crippen MR) is 123 cm³/mol. The molecule has 0 fully saturated rings. The van der Waals surface area contributed by atoms with E-state index in [4.69, 9.17) is 23.2 Å². The molecule has 0 aliphatic rings. The Labute approximate surface area is 191 Å². The van der Waals surface area contributed by atoms with Gasteiger partial charge in [0.25, 0.3) is 17.2 Å². The van der Waals surface area contributed by atoms with Gasteiger partial charge in [0, 0.05) is 28.4 Å². The standard InChI is InChI=1S/C22H14Cl2N4O4/c23-15-5-3-13(4-6-15)12-27-20-14(2-1-9-25-20)10-17(22(27)30)21(29)26-16-7-8-18(24)19(11-16)28(31)32/h1-11H,12H2,(H,26,29). The first-order chi connectivity index (χ1) is 15.3. The van der Waals surface area contributed by atoms with Crippen LogP contribution in [0.5, 0.6) is 0 Å². The quantitative estimate of drug-likeness (QED) is 0.330. The van der Waals surface area contributed by atoms with Crippen LogP contribution in [0.25, 0.3) is 11.0 Å². The van der Waals surface area contributed by atoms with Gasteiger partial charge in [-0.1, -0.05) is 35.3 Å². The van der Waals surface area contributed by atoms with Gasteiger partial charge in [-0.25, -0.2) is 4.98 Å². The lowest BCUT2D eigenvalue weighted by molar-refractivity contribution is -0.384. The summed E-state index contributed by atoms with van der Waals surface area (Å²) in [6.45, 7) is 0.178. The average Bonchev–Trinajstić information content (AvgIpc) is 2.78. The Balaban J connectivity index is 1.76. The van der Waals surface area contributed by atoms with Crippen LogP contribution in [0.2, 0.25) is 10.0 Å². The molecule has 4 rings (SSSR count). The maximum absolute atomic E-state index is 13.2. The number of hydrogen-bond donors (Lipinski definition) is 1. The van der Waals surface area contributed by atoms with Crippen LogP contribution in [0.3, 0.4) is 0 Å². The van der Waals surface area contributed by atoms with Crippen molar-refractivity contribution >= 4 is 51.5 Å². The van der Waals surface area contributed by atoms with E-state index in [1.165, 1.54) is 22.8 Å². The first-order valence-corrected chi connectivity index (χ1v) is 10.1. The number of amides is 1. The Bertz CT molecular complexity index is 1420. The highest BCUT2D eigenvalue weighted by Gasteiger charge is 2.19. The Morgan fingerprint density at radius 3 is 2.56 bits per heavy atom. The van der Waals surface area contributed by atoms with Crippen molar-refractivity contribution in [2.75, 3.05) is 5.32 Å². The van der Waals surface area contributed by atoms with Crippen molar-refractivity contribution < 1.29 is 9.72 Å². The summed E-state index contributed by atoms with van der Waals surface area (Å²) in [6, 6.07) is 15.7. The Kier molecular flexibility index (Phi) is 5.89. The highest BCUT2D eigenvalue weighted by Crippen LogP contribution is 2.27. The first kappa shape index (κ1) is 21.5. The van der Waals surface area contributed by atoms with Crippen LogP contribution in [0.1, 0.15) is 15.9 Å². The third-order valence-corrected chi connectivity index (χ3v) is 5.32. The molecule has 0 aliphatic carbocycles. The van der Waals surface area contributed by atoms with Crippen molar-refractivity contribution in [2.24, 2.45) is 0 Å². The number of benzene rings is 2. The number of anilines is 1. The number of pyridine rings is 2. The molecule has 32 heavy (non-hydrogen) atoms. The summed E-state index contributed by atoms with van der Waals surface area (Å²) in [7, 11) is 0. The number of hydrogen-bond acceptors (Lipinski definition) is 5. The zero-order chi connectivity index (χ0) is 22.8. The third kappa shape index (κ3) is 4.32. The number of nitro groups is 1. The fourth-order valence-electron chi connectivity index (χ4n) is 3.22. The Morgan fingerprint density at radius 1 is 1.09 bits per heavy atom. The van der Waals surface area contributed by atoms with Crippen molar-refractivity contribution in [3.63, 3.8) is 0 Å². The maximum Gasteiger partial charge on any atom is 0.289 e. The fraction of sp³-hybridized carbons (Fsp3) is 0.0455. The number of fused-ring (bicyclic) bond motifs is 1. The number of nitrogens with zero attached hydrogens (tertiary/aromatic N) is 3. The van der Waals surface area contributed by atoms with Crippen LogP contribution >= 0.6 is 23.2 Å². The van der Waals surface area contributed by atoms with Gasteiger partial charge in [0.1, 0.15) is 16.2 Å². The van der Waals surface area contributed by atoms with E-state index in [9.17, 15) is 19.7 Å². The molecule has 4 aromatic rings. The molecule has 160 valence electrons. The van der Waals surface area contributed by atoms with Gasteiger partial charge in [0.2, 0.25) is 0 Å². The number of nitro benzene ring substituents is 1. The number of aromatic nitrogens is 2. The lowest BCUT2D eigenvalue weighted by Crippen LogP contribution is -2.30. The fourth-order valence-corrected chi connectivity index (χ4v) is 3.53. The van der Waals surface area contributed by atoms with E-state index in [0.717, 1.165) is 11.6 Å². The molecular formula is C22H14Cl2N4O4. The minimum absolute atomic E-state index is 0.0601. The summed E-state index contributed by atoms with van der Waals surface area (Å²) in [5.74, 6) is -0.706. The van der Waals surface area contributed by atoms with Gasteiger partial charge < -0.3 is 5.32 Å². The van der Waals surface area contributed by atoms with Crippen LogP contribution in [0.15, 0.2) is 71.7 Å². The molecule has 2 aromatic heterocycles. The molecule has 1 amide bonds. The molecule has 0 atom stereocenters. The molecule has 2 heterocycles. The van der Waals surface area contributed by atoms with Gasteiger partial charge >= 0.3 is 0 Å². The van der Waals surface area contributed by atoms with Crippen molar-refractivity contribution in [3.8, 4) is 0 Å². The van der Waals surface area contributed by atoms with Gasteiger partial charge in [-0.3, -0.25) is 24.3 Å². The second-order valence-corrected chi connectivity index (χ2v) is 7.71. The van der Waals surface area contributed by atoms with E-state index >= 15 is 0 Å². The second kappa shape index (κ2) is 8.78. The molecule has 1 N–H and O–H groups in total. The summed E-state index contributed by atoms with van der Waals surface area (Å²) in [5.41, 5.74) is 0.331. The average molecular weight is 469 g/mol. The van der Waals surface area contributed by atoms with Crippen molar-refractivity contribution in [1.82, 2.24) is 9.55 Å². The lowest BCUT2D eigenvalue weighted by atomic mass is 10.1. The second-order valence-electron chi connectivity index (χ2n) is 6.87. The van der Waals surface area contributed by atoms with E-state index in [-0.39, 0.29) is 28.5 Å². The van der Waals surface area contributed by atoms with Crippen molar-refractivity contribution in [3.05, 3.63) is 109 Å². The molecule has 0 saturated heterocycles. The molecule has 0 aliphatic heterocycles. The summed E-state index contributed by atoms with van der Waals surface area (Å²) in [6.07, 6.45) is 1.56. The van der Waals surface area contributed by atoms with Crippen LogP contribution in [0, 0.1) is 10.1 Å². The molecule has 2 aromatic carbocycles. The van der Waals surface area contributed by atoms with E-state index in [1.807, 2.05) is 0 Å². The molecular weight excluding hydrogens is 455 g/mol. The summed E-state index contributed by atoms with van der Waals surface area (Å²) >= 11 is 11.8. The summed E-state index contributed by atoms with van der Waals surface area (Å²) in [4.78, 5) is 40.9. The molecule has 0 unspecified atom stereocenters. The van der Waals surface area contributed by atoms with E-state index < -0.39 is 16.4 Å². The molecule has 0 radical (unpaired) electrons. The summed E-state index contributed by atoms with van der Waals surface area (Å²) < 4.78 is 1.40. The van der Waals surface area contributed by atoms with Gasteiger partial charge in [-0.2, -0.15) is 0 Å². The van der Waals surface area contributed by atoms with E-state index in [2.05, 4.69) is 10.3 Å². The molecule has 8 nitrogen and oxygen atoms in total. The van der Waals surface area contributed by atoms with Crippen LogP contribution < -0.4 is 10.9 Å². The number of nitrogens with one attached hydrogen (secondary N) is 1. The van der Waals surface area contributed by atoms with Gasteiger partial charge in [-0.05, 0) is 48.0 Å². The van der Waals surface area contributed by atoms with Gasteiger partial charge in [0.15, 0.2) is 0 Å².